The van der Waals surface area contributed by atoms with Crippen molar-refractivity contribution in [3.05, 3.63) is 106 Å². The molecule has 0 bridgehead atoms. The fraction of sp³-hybridized carbons (Fsp3) is 0.188. The standard InChI is InChI=1S/C32H30N2O6/c1-20(21-11-16-28(37-2)29(19-21)38-3)33-17-18-39-23-14-12-22(13-15-23)34-32(36)26-9-6-8-25-30(35)24-7-4-5-10-27(24)40-31(25)26/h4-16,19-20,33H,17-18H2,1-3H3,(H,34,36). The van der Waals surface area contributed by atoms with E-state index in [9.17, 15) is 9.59 Å². The molecular weight excluding hydrogens is 508 g/mol. The van der Waals surface area contributed by atoms with E-state index in [0.717, 1.165) is 5.56 Å². The molecule has 40 heavy (non-hydrogen) atoms. The first-order valence-corrected chi connectivity index (χ1v) is 12.9. The van der Waals surface area contributed by atoms with Gasteiger partial charge in [0.05, 0.1) is 30.6 Å². The minimum Gasteiger partial charge on any atom is -0.493 e. The lowest BCUT2D eigenvalue weighted by atomic mass is 10.1. The lowest BCUT2D eigenvalue weighted by Crippen LogP contribution is -2.24. The number of carbonyl (C=O) groups is 1. The van der Waals surface area contributed by atoms with E-state index in [0.29, 0.717) is 52.4 Å². The van der Waals surface area contributed by atoms with Crippen molar-refractivity contribution in [2.24, 2.45) is 0 Å². The fourth-order valence-electron chi connectivity index (χ4n) is 4.52. The molecule has 0 aliphatic heterocycles. The van der Waals surface area contributed by atoms with Crippen LogP contribution in [0.15, 0.2) is 94.1 Å². The molecule has 8 nitrogen and oxygen atoms in total. The molecule has 5 rings (SSSR count). The van der Waals surface area contributed by atoms with Crippen LogP contribution in [-0.4, -0.2) is 33.3 Å². The Labute approximate surface area is 231 Å². The van der Waals surface area contributed by atoms with Crippen molar-refractivity contribution >= 4 is 33.5 Å². The number of amides is 1. The summed E-state index contributed by atoms with van der Waals surface area (Å²) in [7, 11) is 3.23. The number of methoxy groups -OCH3 is 2. The molecule has 0 radical (unpaired) electrons. The van der Waals surface area contributed by atoms with Gasteiger partial charge in [0.15, 0.2) is 17.1 Å². The fourth-order valence-corrected chi connectivity index (χ4v) is 4.52. The quantitative estimate of drug-likeness (QED) is 0.168. The Bertz CT molecular complexity index is 1710. The van der Waals surface area contributed by atoms with Gasteiger partial charge in [-0.2, -0.15) is 0 Å². The molecule has 0 saturated carbocycles. The molecule has 0 aliphatic carbocycles. The summed E-state index contributed by atoms with van der Waals surface area (Å²) in [5, 5.41) is 7.15. The monoisotopic (exact) mass is 538 g/mol. The maximum atomic E-state index is 13.1. The van der Waals surface area contributed by atoms with Crippen molar-refractivity contribution in [1.82, 2.24) is 5.32 Å². The molecule has 0 spiro atoms. The van der Waals surface area contributed by atoms with Crippen molar-refractivity contribution in [3.63, 3.8) is 0 Å². The van der Waals surface area contributed by atoms with Crippen LogP contribution in [0.2, 0.25) is 0 Å². The van der Waals surface area contributed by atoms with Gasteiger partial charge < -0.3 is 29.3 Å². The van der Waals surface area contributed by atoms with E-state index in [4.69, 9.17) is 18.6 Å². The Morgan fingerprint density at radius 3 is 2.40 bits per heavy atom. The van der Waals surface area contributed by atoms with Crippen LogP contribution in [0.25, 0.3) is 21.9 Å². The zero-order valence-corrected chi connectivity index (χ0v) is 22.5. The molecule has 0 aliphatic rings. The average Bonchev–Trinajstić information content (AvgIpc) is 2.99. The van der Waals surface area contributed by atoms with Crippen molar-refractivity contribution in [1.29, 1.82) is 0 Å². The lowest BCUT2D eigenvalue weighted by molar-refractivity contribution is 0.102. The Hall–Kier alpha value is -4.82. The minimum atomic E-state index is -0.369. The van der Waals surface area contributed by atoms with E-state index >= 15 is 0 Å². The third kappa shape index (κ3) is 5.62. The molecule has 4 aromatic carbocycles. The smallest absolute Gasteiger partial charge is 0.259 e. The Morgan fingerprint density at radius 1 is 0.875 bits per heavy atom. The molecule has 1 amide bonds. The molecule has 1 heterocycles. The van der Waals surface area contributed by atoms with Crippen LogP contribution in [0.5, 0.6) is 17.2 Å². The number of nitrogens with one attached hydrogen (secondary N) is 2. The van der Waals surface area contributed by atoms with Gasteiger partial charge in [0.1, 0.15) is 17.9 Å². The van der Waals surface area contributed by atoms with Crippen LogP contribution >= 0.6 is 0 Å². The van der Waals surface area contributed by atoms with Gasteiger partial charge in [0.2, 0.25) is 5.43 Å². The van der Waals surface area contributed by atoms with E-state index in [-0.39, 0.29) is 28.5 Å². The maximum Gasteiger partial charge on any atom is 0.259 e. The predicted octanol–water partition coefficient (Wildman–Crippen LogP) is 5.95. The normalized spacial score (nSPS) is 11.8. The van der Waals surface area contributed by atoms with Gasteiger partial charge in [-0.25, -0.2) is 0 Å². The number of hydrogen-bond acceptors (Lipinski definition) is 7. The number of rotatable bonds is 10. The summed E-state index contributed by atoms with van der Waals surface area (Å²) in [4.78, 5) is 26.0. The highest BCUT2D eigenvalue weighted by molar-refractivity contribution is 6.12. The van der Waals surface area contributed by atoms with Crippen LogP contribution in [0, 0.1) is 0 Å². The summed E-state index contributed by atoms with van der Waals surface area (Å²) in [5.41, 5.74) is 2.50. The Kier molecular flexibility index (Phi) is 7.98. The first-order chi connectivity index (χ1) is 19.5. The Morgan fingerprint density at radius 2 is 1.62 bits per heavy atom. The largest absolute Gasteiger partial charge is 0.493 e. The second-order valence-corrected chi connectivity index (χ2v) is 9.23. The predicted molar refractivity (Wildman–Crippen MR) is 156 cm³/mol. The minimum absolute atomic E-state index is 0.0949. The van der Waals surface area contributed by atoms with E-state index in [2.05, 4.69) is 17.6 Å². The molecule has 8 heteroatoms. The molecular formula is C32H30N2O6. The third-order valence-corrected chi connectivity index (χ3v) is 6.69. The maximum absolute atomic E-state index is 13.1. The van der Waals surface area contributed by atoms with E-state index in [1.165, 1.54) is 0 Å². The topological polar surface area (TPSA) is 99.0 Å². The van der Waals surface area contributed by atoms with Gasteiger partial charge in [-0.3, -0.25) is 9.59 Å². The number of carbonyl (C=O) groups excluding carboxylic acids is 1. The summed E-state index contributed by atoms with van der Waals surface area (Å²) in [6.07, 6.45) is 0. The first kappa shape index (κ1) is 26.8. The van der Waals surface area contributed by atoms with E-state index in [1.54, 1.807) is 80.9 Å². The second-order valence-electron chi connectivity index (χ2n) is 9.23. The molecule has 5 aromatic rings. The van der Waals surface area contributed by atoms with Crippen LogP contribution in [0.4, 0.5) is 5.69 Å². The van der Waals surface area contributed by atoms with Crippen LogP contribution in [-0.2, 0) is 0 Å². The van der Waals surface area contributed by atoms with Gasteiger partial charge in [0.25, 0.3) is 5.91 Å². The van der Waals surface area contributed by atoms with Gasteiger partial charge in [-0.05, 0) is 73.2 Å². The van der Waals surface area contributed by atoms with Gasteiger partial charge >= 0.3 is 0 Å². The van der Waals surface area contributed by atoms with E-state index in [1.807, 2.05) is 18.2 Å². The number of para-hydroxylation sites is 2. The van der Waals surface area contributed by atoms with Gasteiger partial charge in [0, 0.05) is 18.3 Å². The number of ether oxygens (including phenoxy) is 3. The van der Waals surface area contributed by atoms with Crippen LogP contribution in [0.1, 0.15) is 28.9 Å². The Balaban J connectivity index is 1.18. The van der Waals surface area contributed by atoms with Crippen molar-refractivity contribution in [2.75, 3.05) is 32.7 Å². The average molecular weight is 539 g/mol. The number of anilines is 1. The SMILES string of the molecule is COc1ccc(C(C)NCCOc2ccc(NC(=O)c3cccc4c(=O)c5ccccc5oc34)cc2)cc1OC. The molecule has 0 saturated heterocycles. The zero-order chi connectivity index (χ0) is 28.1. The van der Waals surface area contributed by atoms with Crippen LogP contribution in [0.3, 0.4) is 0 Å². The summed E-state index contributed by atoms with van der Waals surface area (Å²) in [5.74, 6) is 1.70. The molecule has 204 valence electrons. The van der Waals surface area contributed by atoms with Crippen molar-refractivity contribution < 1.29 is 23.4 Å². The number of hydrogen-bond donors (Lipinski definition) is 2. The molecule has 1 unspecified atom stereocenters. The molecule has 0 fully saturated rings. The summed E-state index contributed by atoms with van der Waals surface area (Å²) < 4.78 is 22.5. The molecule has 1 atom stereocenters. The van der Waals surface area contributed by atoms with Crippen molar-refractivity contribution in [2.45, 2.75) is 13.0 Å². The summed E-state index contributed by atoms with van der Waals surface area (Å²) in [6, 6.07) is 25.1. The number of benzene rings is 4. The highest BCUT2D eigenvalue weighted by Crippen LogP contribution is 2.30. The summed E-state index contributed by atoms with van der Waals surface area (Å²) >= 11 is 0. The number of fused-ring (bicyclic) bond motifs is 2. The van der Waals surface area contributed by atoms with Gasteiger partial charge in [-0.1, -0.05) is 24.3 Å². The van der Waals surface area contributed by atoms with Crippen LogP contribution < -0.4 is 30.3 Å². The lowest BCUT2D eigenvalue weighted by Gasteiger charge is -2.17. The zero-order valence-electron chi connectivity index (χ0n) is 22.5. The first-order valence-electron chi connectivity index (χ1n) is 12.9. The highest BCUT2D eigenvalue weighted by Gasteiger charge is 2.16. The highest BCUT2D eigenvalue weighted by atomic mass is 16.5. The second kappa shape index (κ2) is 11.9. The summed E-state index contributed by atoms with van der Waals surface area (Å²) in [6.45, 7) is 3.17. The van der Waals surface area contributed by atoms with Gasteiger partial charge in [-0.15, -0.1) is 0 Å². The molecule has 1 aromatic heterocycles. The third-order valence-electron chi connectivity index (χ3n) is 6.69. The molecule has 2 N–H and O–H groups in total. The van der Waals surface area contributed by atoms with E-state index < -0.39 is 0 Å². The van der Waals surface area contributed by atoms with Crippen molar-refractivity contribution in [3.8, 4) is 17.2 Å².